The molecule has 148 valence electrons. The fraction of sp³-hybridized carbons (Fsp3) is 0.278. The summed E-state index contributed by atoms with van der Waals surface area (Å²) in [7, 11) is 0. The molecule has 1 fully saturated rings. The number of aromatic nitrogens is 1. The topological polar surface area (TPSA) is 83.1 Å². The number of hydrazine groups is 1. The van der Waals surface area contributed by atoms with Crippen LogP contribution in [0.15, 0.2) is 42.6 Å². The van der Waals surface area contributed by atoms with Crippen LogP contribution in [0.25, 0.3) is 0 Å². The molecule has 1 aromatic heterocycles. The number of halogens is 4. The number of hydrogen-bond donors (Lipinski definition) is 3. The SMILES string of the molecule is O=C(c1ccccc1)C1CNC(C(=O)NNc2ncc(C(F)(F)F)cc2Cl)C1. The number of ketones is 1. The van der Waals surface area contributed by atoms with Gasteiger partial charge in [-0.05, 0) is 12.5 Å². The van der Waals surface area contributed by atoms with Gasteiger partial charge < -0.3 is 5.32 Å². The van der Waals surface area contributed by atoms with Gasteiger partial charge in [0.15, 0.2) is 11.6 Å². The van der Waals surface area contributed by atoms with Gasteiger partial charge in [-0.1, -0.05) is 41.9 Å². The monoisotopic (exact) mass is 412 g/mol. The number of amides is 1. The summed E-state index contributed by atoms with van der Waals surface area (Å²) in [5, 5.41) is 2.68. The fourth-order valence-corrected chi connectivity index (χ4v) is 3.08. The molecule has 0 bridgehead atoms. The van der Waals surface area contributed by atoms with Crippen LogP contribution in [0.4, 0.5) is 19.0 Å². The molecule has 1 saturated heterocycles. The van der Waals surface area contributed by atoms with Crippen LogP contribution in [0, 0.1) is 5.92 Å². The normalized spacial score (nSPS) is 19.3. The molecular formula is C18H16ClF3N4O2. The molecule has 3 rings (SSSR count). The van der Waals surface area contributed by atoms with Crippen LogP contribution in [-0.2, 0) is 11.0 Å². The second kappa shape index (κ2) is 8.15. The van der Waals surface area contributed by atoms with Crippen molar-refractivity contribution in [1.82, 2.24) is 15.7 Å². The first-order valence-corrected chi connectivity index (χ1v) is 8.74. The molecule has 1 aliphatic heterocycles. The lowest BCUT2D eigenvalue weighted by atomic mass is 9.95. The highest BCUT2D eigenvalue weighted by Crippen LogP contribution is 2.32. The van der Waals surface area contributed by atoms with Crippen LogP contribution in [0.2, 0.25) is 5.02 Å². The van der Waals surface area contributed by atoms with Crippen molar-refractivity contribution in [3.05, 3.63) is 58.7 Å². The van der Waals surface area contributed by atoms with Crippen molar-refractivity contribution < 1.29 is 22.8 Å². The standard InChI is InChI=1S/C18H16ClF3N4O2/c19-13-7-12(18(20,21)22)9-24-16(13)25-26-17(28)14-6-11(8-23-14)15(27)10-4-2-1-3-5-10/h1-5,7,9,11,14,23H,6,8H2,(H,24,25)(H,26,28). The van der Waals surface area contributed by atoms with E-state index in [2.05, 4.69) is 21.2 Å². The number of hydrogen-bond acceptors (Lipinski definition) is 5. The van der Waals surface area contributed by atoms with E-state index in [-0.39, 0.29) is 22.5 Å². The third kappa shape index (κ3) is 4.60. The van der Waals surface area contributed by atoms with Crippen LogP contribution in [-0.4, -0.2) is 29.3 Å². The molecule has 2 aromatic rings. The van der Waals surface area contributed by atoms with Crippen molar-refractivity contribution in [2.24, 2.45) is 5.92 Å². The van der Waals surface area contributed by atoms with Crippen molar-refractivity contribution in [3.8, 4) is 0 Å². The molecular weight excluding hydrogens is 397 g/mol. The van der Waals surface area contributed by atoms with Gasteiger partial charge in [0.2, 0.25) is 0 Å². The van der Waals surface area contributed by atoms with E-state index in [1.165, 1.54) is 0 Å². The zero-order valence-electron chi connectivity index (χ0n) is 14.4. The van der Waals surface area contributed by atoms with Crippen molar-refractivity contribution in [2.45, 2.75) is 18.6 Å². The van der Waals surface area contributed by atoms with E-state index in [9.17, 15) is 22.8 Å². The first-order valence-electron chi connectivity index (χ1n) is 8.37. The Morgan fingerprint density at radius 1 is 1.21 bits per heavy atom. The van der Waals surface area contributed by atoms with Gasteiger partial charge in [-0.2, -0.15) is 13.2 Å². The fourth-order valence-electron chi connectivity index (χ4n) is 2.87. The predicted molar refractivity (Wildman–Crippen MR) is 96.7 cm³/mol. The van der Waals surface area contributed by atoms with Gasteiger partial charge in [0, 0.05) is 24.2 Å². The van der Waals surface area contributed by atoms with E-state index in [1.54, 1.807) is 24.3 Å². The summed E-state index contributed by atoms with van der Waals surface area (Å²) < 4.78 is 37.9. The molecule has 2 atom stereocenters. The Labute approximate surface area is 163 Å². The Bertz CT molecular complexity index is 877. The number of nitrogens with one attached hydrogen (secondary N) is 3. The van der Waals surface area contributed by atoms with E-state index in [0.29, 0.717) is 30.8 Å². The molecule has 0 aliphatic carbocycles. The average Bonchev–Trinajstić information content (AvgIpc) is 3.16. The number of carbonyl (C=O) groups excluding carboxylic acids is 2. The predicted octanol–water partition coefficient (Wildman–Crippen LogP) is 3.06. The van der Waals surface area contributed by atoms with Gasteiger partial charge in [-0.25, -0.2) is 4.98 Å². The van der Waals surface area contributed by atoms with Gasteiger partial charge in [0.1, 0.15) is 0 Å². The second-order valence-electron chi connectivity index (χ2n) is 6.29. The van der Waals surface area contributed by atoms with E-state index < -0.39 is 23.7 Å². The lowest BCUT2D eigenvalue weighted by Gasteiger charge is -2.14. The molecule has 1 amide bonds. The summed E-state index contributed by atoms with van der Waals surface area (Å²) in [6.45, 7) is 0.352. The van der Waals surface area contributed by atoms with E-state index in [0.717, 1.165) is 0 Å². The largest absolute Gasteiger partial charge is 0.417 e. The number of alkyl halides is 3. The molecule has 10 heteroatoms. The van der Waals surface area contributed by atoms with Crippen LogP contribution in [0.5, 0.6) is 0 Å². The molecule has 0 spiro atoms. The Morgan fingerprint density at radius 3 is 2.57 bits per heavy atom. The van der Waals surface area contributed by atoms with Crippen molar-refractivity contribution in [1.29, 1.82) is 0 Å². The third-order valence-electron chi connectivity index (χ3n) is 4.35. The van der Waals surface area contributed by atoms with Crippen LogP contribution in [0.1, 0.15) is 22.3 Å². The molecule has 0 saturated carbocycles. The van der Waals surface area contributed by atoms with Gasteiger partial charge in [-0.15, -0.1) is 0 Å². The maximum atomic E-state index is 12.6. The van der Waals surface area contributed by atoms with Crippen LogP contribution in [0.3, 0.4) is 0 Å². The molecule has 2 heterocycles. The van der Waals surface area contributed by atoms with E-state index in [1.807, 2.05) is 6.07 Å². The number of nitrogens with zero attached hydrogens (tertiary/aromatic N) is 1. The summed E-state index contributed by atoms with van der Waals surface area (Å²) in [6, 6.07) is 8.87. The minimum atomic E-state index is -4.56. The van der Waals surface area contributed by atoms with Crippen LogP contribution >= 0.6 is 11.6 Å². The zero-order chi connectivity index (χ0) is 20.3. The first-order chi connectivity index (χ1) is 13.3. The van der Waals surface area contributed by atoms with E-state index >= 15 is 0 Å². The minimum absolute atomic E-state index is 0.0520. The molecule has 1 aromatic carbocycles. The quantitative estimate of drug-likeness (QED) is 0.519. The number of anilines is 1. The van der Waals surface area contributed by atoms with Gasteiger partial charge in [0.25, 0.3) is 5.91 Å². The Morgan fingerprint density at radius 2 is 1.93 bits per heavy atom. The zero-order valence-corrected chi connectivity index (χ0v) is 15.1. The smallest absolute Gasteiger partial charge is 0.305 e. The highest BCUT2D eigenvalue weighted by Gasteiger charge is 2.34. The number of pyridine rings is 1. The third-order valence-corrected chi connectivity index (χ3v) is 4.64. The van der Waals surface area contributed by atoms with Gasteiger partial charge >= 0.3 is 6.18 Å². The summed E-state index contributed by atoms with van der Waals surface area (Å²) >= 11 is 5.77. The number of carbonyl (C=O) groups is 2. The molecule has 2 unspecified atom stereocenters. The molecule has 1 aliphatic rings. The molecule has 0 radical (unpaired) electrons. The Kier molecular flexibility index (Phi) is 5.85. The van der Waals surface area contributed by atoms with Crippen molar-refractivity contribution in [3.63, 3.8) is 0 Å². The maximum Gasteiger partial charge on any atom is 0.417 e. The number of benzene rings is 1. The Balaban J connectivity index is 1.55. The summed E-state index contributed by atoms with van der Waals surface area (Å²) in [5.41, 5.74) is 4.34. The maximum absolute atomic E-state index is 12.6. The number of rotatable bonds is 5. The summed E-state index contributed by atoms with van der Waals surface area (Å²) in [6.07, 6.45) is -3.65. The highest BCUT2D eigenvalue weighted by molar-refractivity contribution is 6.33. The van der Waals surface area contributed by atoms with Gasteiger partial charge in [0.05, 0.1) is 16.6 Å². The molecule has 28 heavy (non-hydrogen) atoms. The van der Waals surface area contributed by atoms with Crippen molar-refractivity contribution >= 4 is 29.1 Å². The Hall–Kier alpha value is -2.65. The van der Waals surface area contributed by atoms with Crippen LogP contribution < -0.4 is 16.2 Å². The highest BCUT2D eigenvalue weighted by atomic mass is 35.5. The lowest BCUT2D eigenvalue weighted by Crippen LogP contribution is -2.43. The minimum Gasteiger partial charge on any atom is -0.305 e. The van der Waals surface area contributed by atoms with E-state index in [4.69, 9.17) is 11.6 Å². The lowest BCUT2D eigenvalue weighted by molar-refractivity contribution is -0.137. The average molecular weight is 413 g/mol. The second-order valence-corrected chi connectivity index (χ2v) is 6.70. The van der Waals surface area contributed by atoms with Crippen molar-refractivity contribution in [2.75, 3.05) is 12.0 Å². The summed E-state index contributed by atoms with van der Waals surface area (Å²) in [4.78, 5) is 28.3. The molecule has 3 N–H and O–H groups in total. The number of Topliss-reactive ketones (excluding diaryl/α,β-unsaturated/α-hetero) is 1. The van der Waals surface area contributed by atoms with Gasteiger partial charge in [-0.3, -0.25) is 20.4 Å². The first kappa shape index (κ1) is 20.1. The molecule has 6 nitrogen and oxygen atoms in total. The summed E-state index contributed by atoms with van der Waals surface area (Å²) in [5.74, 6) is -0.978.